The molecule has 1 atom stereocenters. The summed E-state index contributed by atoms with van der Waals surface area (Å²) in [6.45, 7) is 4.07. The van der Waals surface area contributed by atoms with Crippen LogP contribution in [0.4, 0.5) is 15.8 Å². The lowest BCUT2D eigenvalue weighted by Crippen LogP contribution is -2.19. The number of halogens is 1. The number of benzene rings is 1. The molecule has 0 saturated heterocycles. The van der Waals surface area contributed by atoms with Crippen molar-refractivity contribution >= 4 is 29.0 Å². The molecule has 0 aliphatic rings. The van der Waals surface area contributed by atoms with Crippen LogP contribution in [-0.2, 0) is 0 Å². The molecule has 1 aromatic carbocycles. The van der Waals surface area contributed by atoms with E-state index in [9.17, 15) is 9.18 Å². The molecule has 1 aromatic rings. The van der Waals surface area contributed by atoms with Crippen molar-refractivity contribution in [3.05, 3.63) is 23.5 Å². The fourth-order valence-electron chi connectivity index (χ4n) is 1.65. The van der Waals surface area contributed by atoms with Crippen molar-refractivity contribution in [2.24, 2.45) is 5.73 Å². The molecule has 19 heavy (non-hydrogen) atoms. The van der Waals surface area contributed by atoms with Gasteiger partial charge in [0, 0.05) is 11.7 Å². The Morgan fingerprint density at radius 1 is 1.53 bits per heavy atom. The Bertz CT molecular complexity index is 454. The molecule has 0 fully saturated rings. The number of hydrogen-bond acceptors (Lipinski definition) is 4. The molecule has 0 aromatic heterocycles. The Hall–Kier alpha value is -1.43. The molecular formula is C13H20FN3OS. The van der Waals surface area contributed by atoms with Crippen LogP contribution in [-0.4, -0.2) is 23.5 Å². The van der Waals surface area contributed by atoms with Crippen molar-refractivity contribution in [1.82, 2.24) is 0 Å². The van der Waals surface area contributed by atoms with Crippen LogP contribution in [0.5, 0.6) is 0 Å². The lowest BCUT2D eigenvalue weighted by molar-refractivity contribution is 0.100. The van der Waals surface area contributed by atoms with Gasteiger partial charge >= 0.3 is 0 Å². The summed E-state index contributed by atoms with van der Waals surface area (Å²) in [6, 6.07) is 2.60. The van der Waals surface area contributed by atoms with Gasteiger partial charge in [0.2, 0.25) is 0 Å². The number of amides is 1. The summed E-state index contributed by atoms with van der Waals surface area (Å²) < 4.78 is 13.7. The topological polar surface area (TPSA) is 81.1 Å². The Morgan fingerprint density at radius 2 is 2.21 bits per heavy atom. The van der Waals surface area contributed by atoms with Crippen LogP contribution in [0.3, 0.4) is 0 Å². The maximum atomic E-state index is 13.7. The number of thioether (sulfide) groups is 1. The normalized spacial score (nSPS) is 12.2. The van der Waals surface area contributed by atoms with E-state index in [2.05, 4.69) is 12.2 Å². The number of carbonyl (C=O) groups is 1. The van der Waals surface area contributed by atoms with Gasteiger partial charge in [0.25, 0.3) is 5.91 Å². The molecule has 4 nitrogen and oxygen atoms in total. The zero-order chi connectivity index (χ0) is 14.4. The van der Waals surface area contributed by atoms with Crippen molar-refractivity contribution in [2.75, 3.05) is 22.6 Å². The largest absolute Gasteiger partial charge is 0.398 e. The second kappa shape index (κ2) is 7.23. The van der Waals surface area contributed by atoms with E-state index in [1.807, 2.05) is 18.7 Å². The van der Waals surface area contributed by atoms with Crippen molar-refractivity contribution in [3.63, 3.8) is 0 Å². The van der Waals surface area contributed by atoms with Gasteiger partial charge in [-0.3, -0.25) is 4.79 Å². The highest BCUT2D eigenvalue weighted by molar-refractivity contribution is 7.99. The van der Waals surface area contributed by atoms with Gasteiger partial charge in [0.15, 0.2) is 0 Å². The Labute approximate surface area is 117 Å². The highest BCUT2D eigenvalue weighted by atomic mass is 32.2. The summed E-state index contributed by atoms with van der Waals surface area (Å²) in [4.78, 5) is 11.2. The summed E-state index contributed by atoms with van der Waals surface area (Å²) in [7, 11) is 0. The van der Waals surface area contributed by atoms with Crippen LogP contribution in [0.1, 0.15) is 30.6 Å². The van der Waals surface area contributed by atoms with E-state index in [1.54, 1.807) is 0 Å². The third kappa shape index (κ3) is 4.63. The van der Waals surface area contributed by atoms with Crippen LogP contribution >= 0.6 is 11.8 Å². The first-order chi connectivity index (χ1) is 8.95. The van der Waals surface area contributed by atoms with Crippen LogP contribution in [0.2, 0.25) is 0 Å². The number of rotatable bonds is 7. The molecule has 0 heterocycles. The molecule has 0 aliphatic heterocycles. The average molecular weight is 285 g/mol. The third-order valence-corrected chi connectivity index (χ3v) is 3.64. The quantitative estimate of drug-likeness (QED) is 0.531. The summed E-state index contributed by atoms with van der Waals surface area (Å²) in [5.74, 6) is 0.936. The van der Waals surface area contributed by atoms with Crippen molar-refractivity contribution < 1.29 is 9.18 Å². The van der Waals surface area contributed by atoms with E-state index >= 15 is 0 Å². The van der Waals surface area contributed by atoms with Crippen LogP contribution in [0.25, 0.3) is 0 Å². The number of hydrogen-bond donors (Lipinski definition) is 3. The van der Waals surface area contributed by atoms with Gasteiger partial charge in [0.05, 0.1) is 11.3 Å². The number of primary amides is 1. The van der Waals surface area contributed by atoms with Crippen molar-refractivity contribution in [2.45, 2.75) is 26.3 Å². The number of carbonyl (C=O) groups excluding carboxylic acids is 1. The van der Waals surface area contributed by atoms with Gasteiger partial charge in [-0.2, -0.15) is 11.8 Å². The minimum atomic E-state index is -0.658. The van der Waals surface area contributed by atoms with E-state index in [4.69, 9.17) is 11.5 Å². The lowest BCUT2D eigenvalue weighted by Gasteiger charge is -2.16. The van der Waals surface area contributed by atoms with Crippen LogP contribution < -0.4 is 16.8 Å². The molecule has 0 radical (unpaired) electrons. The number of anilines is 2. The number of nitrogens with one attached hydrogen (secondary N) is 1. The molecular weight excluding hydrogens is 265 g/mol. The lowest BCUT2D eigenvalue weighted by atomic mass is 10.1. The third-order valence-electron chi connectivity index (χ3n) is 2.71. The van der Waals surface area contributed by atoms with Gasteiger partial charge in [0.1, 0.15) is 5.82 Å². The first kappa shape index (κ1) is 15.6. The summed E-state index contributed by atoms with van der Waals surface area (Å²) in [5, 5.41) is 3.04. The molecule has 1 amide bonds. The first-order valence-corrected chi connectivity index (χ1v) is 7.34. The molecule has 0 aliphatic carbocycles. The monoisotopic (exact) mass is 285 g/mol. The van der Waals surface area contributed by atoms with Gasteiger partial charge in [-0.25, -0.2) is 4.39 Å². The molecule has 1 rings (SSSR count). The van der Waals surface area contributed by atoms with Gasteiger partial charge in [-0.1, -0.05) is 6.92 Å². The Kier molecular flexibility index (Phi) is 5.95. The minimum Gasteiger partial charge on any atom is -0.398 e. The van der Waals surface area contributed by atoms with E-state index in [1.165, 1.54) is 6.07 Å². The predicted octanol–water partition coefficient (Wildman–Crippen LogP) is 2.45. The maximum absolute atomic E-state index is 13.7. The molecule has 6 heteroatoms. The fraction of sp³-hybridized carbons (Fsp3) is 0.462. The van der Waals surface area contributed by atoms with E-state index in [0.29, 0.717) is 0 Å². The van der Waals surface area contributed by atoms with E-state index < -0.39 is 11.7 Å². The van der Waals surface area contributed by atoms with E-state index in [0.717, 1.165) is 24.0 Å². The van der Waals surface area contributed by atoms with Gasteiger partial charge < -0.3 is 16.8 Å². The standard InChI is InChI=1S/C13H20FN3OS/c1-3-19-5-4-8(2)17-12-6-9(13(16)18)11(15)7-10(12)14/h6-8,17H,3-5,15H2,1-2H3,(H2,16,18). The van der Waals surface area contributed by atoms with E-state index in [-0.39, 0.29) is 23.0 Å². The summed E-state index contributed by atoms with van der Waals surface area (Å²) in [6.07, 6.45) is 0.911. The molecule has 106 valence electrons. The molecule has 0 spiro atoms. The summed E-state index contributed by atoms with van der Waals surface area (Å²) in [5.41, 5.74) is 11.2. The van der Waals surface area contributed by atoms with Crippen molar-refractivity contribution in [3.8, 4) is 0 Å². The number of nitrogens with two attached hydrogens (primary N) is 2. The maximum Gasteiger partial charge on any atom is 0.250 e. The number of nitrogen functional groups attached to an aromatic ring is 1. The zero-order valence-corrected chi connectivity index (χ0v) is 12.0. The molecule has 1 unspecified atom stereocenters. The molecule has 5 N–H and O–H groups in total. The van der Waals surface area contributed by atoms with Crippen molar-refractivity contribution in [1.29, 1.82) is 0 Å². The second-order valence-corrected chi connectivity index (χ2v) is 5.71. The SMILES string of the molecule is CCSCCC(C)Nc1cc(C(N)=O)c(N)cc1F. The first-order valence-electron chi connectivity index (χ1n) is 6.18. The highest BCUT2D eigenvalue weighted by Crippen LogP contribution is 2.23. The summed E-state index contributed by atoms with van der Waals surface area (Å²) >= 11 is 1.83. The predicted molar refractivity (Wildman–Crippen MR) is 80.0 cm³/mol. The fourth-order valence-corrected chi connectivity index (χ4v) is 2.46. The molecule has 0 saturated carbocycles. The minimum absolute atomic E-state index is 0.0599. The highest BCUT2D eigenvalue weighted by Gasteiger charge is 2.13. The smallest absolute Gasteiger partial charge is 0.250 e. The van der Waals surface area contributed by atoms with Crippen LogP contribution in [0.15, 0.2) is 12.1 Å². The Morgan fingerprint density at radius 3 is 2.79 bits per heavy atom. The van der Waals surface area contributed by atoms with Gasteiger partial charge in [-0.05, 0) is 37.0 Å². The second-order valence-electron chi connectivity index (χ2n) is 4.31. The van der Waals surface area contributed by atoms with Crippen LogP contribution in [0, 0.1) is 5.82 Å². The molecule has 0 bridgehead atoms. The van der Waals surface area contributed by atoms with Gasteiger partial charge in [-0.15, -0.1) is 0 Å². The average Bonchev–Trinajstić information content (AvgIpc) is 2.32. The Balaban J connectivity index is 2.77. The zero-order valence-electron chi connectivity index (χ0n) is 11.2.